The lowest BCUT2D eigenvalue weighted by molar-refractivity contribution is -0.140. The van der Waals surface area contributed by atoms with Gasteiger partial charge in [0, 0.05) is 12.1 Å². The first-order valence-electron chi connectivity index (χ1n) is 6.06. The molecular weight excluding hydrogens is 300 g/mol. The zero-order chi connectivity index (χ0) is 16.0. The number of sulfonamides is 1. The molecule has 0 fully saturated rings. The van der Waals surface area contributed by atoms with Gasteiger partial charge in [0.15, 0.2) is 6.04 Å². The van der Waals surface area contributed by atoms with E-state index >= 15 is 0 Å². The second-order valence-corrected chi connectivity index (χ2v) is 5.84. The second-order valence-electron chi connectivity index (χ2n) is 4.07. The summed E-state index contributed by atoms with van der Waals surface area (Å²) in [4.78, 5) is 22.4. The Morgan fingerprint density at radius 3 is 2.24 bits per heavy atom. The minimum absolute atomic E-state index is 0.00200. The van der Waals surface area contributed by atoms with Gasteiger partial charge in [0.2, 0.25) is 10.0 Å². The van der Waals surface area contributed by atoms with Crippen LogP contribution >= 0.6 is 0 Å². The highest BCUT2D eigenvalue weighted by atomic mass is 32.2. The summed E-state index contributed by atoms with van der Waals surface area (Å²) < 4.78 is 25.7. The van der Waals surface area contributed by atoms with Crippen molar-refractivity contribution in [2.24, 2.45) is 0 Å². The zero-order valence-corrected chi connectivity index (χ0v) is 12.1. The van der Waals surface area contributed by atoms with Crippen molar-refractivity contribution < 1.29 is 28.2 Å². The number of hydrogen-bond donors (Lipinski definition) is 4. The Hall–Kier alpha value is -1.97. The lowest BCUT2D eigenvalue weighted by Crippen LogP contribution is -2.43. The highest BCUT2D eigenvalue weighted by Gasteiger charge is 2.20. The standard InChI is InChI=1S/C12H16N2O6S/c1-2-13-21(19,20)9-5-3-8(4-6-9)11(16)14-10(7-15)12(17)18/h3-6,10,13,15H,2,7H2,1H3,(H,14,16)(H,17,18). The predicted octanol–water partition coefficient (Wildman–Crippen LogP) is -0.840. The summed E-state index contributed by atoms with van der Waals surface area (Å²) in [6.45, 7) is 1.13. The van der Waals surface area contributed by atoms with Crippen LogP contribution in [0.25, 0.3) is 0 Å². The topological polar surface area (TPSA) is 133 Å². The highest BCUT2D eigenvalue weighted by molar-refractivity contribution is 7.89. The molecule has 0 spiro atoms. The Kier molecular flexibility index (Phi) is 5.82. The van der Waals surface area contributed by atoms with Gasteiger partial charge in [-0.1, -0.05) is 6.92 Å². The van der Waals surface area contributed by atoms with Crippen LogP contribution in [0.5, 0.6) is 0 Å². The fraction of sp³-hybridized carbons (Fsp3) is 0.333. The van der Waals surface area contributed by atoms with Crippen molar-refractivity contribution in [2.75, 3.05) is 13.2 Å². The van der Waals surface area contributed by atoms with Crippen LogP contribution in [0.1, 0.15) is 17.3 Å². The van der Waals surface area contributed by atoms with Crippen LogP contribution in [-0.4, -0.2) is 49.7 Å². The molecule has 0 saturated heterocycles. The summed E-state index contributed by atoms with van der Waals surface area (Å²) >= 11 is 0. The number of carbonyl (C=O) groups excluding carboxylic acids is 1. The maximum Gasteiger partial charge on any atom is 0.328 e. The lowest BCUT2D eigenvalue weighted by Gasteiger charge is -2.12. The lowest BCUT2D eigenvalue weighted by atomic mass is 10.2. The average molecular weight is 316 g/mol. The van der Waals surface area contributed by atoms with Crippen LogP contribution in [0.4, 0.5) is 0 Å². The summed E-state index contributed by atoms with van der Waals surface area (Å²) in [5.74, 6) is -2.08. The second kappa shape index (κ2) is 7.16. The first-order chi connectivity index (χ1) is 9.81. The van der Waals surface area contributed by atoms with Gasteiger partial charge in [-0.15, -0.1) is 0 Å². The first-order valence-corrected chi connectivity index (χ1v) is 7.54. The molecule has 0 radical (unpaired) electrons. The van der Waals surface area contributed by atoms with Gasteiger partial charge in [0.25, 0.3) is 5.91 Å². The van der Waals surface area contributed by atoms with Crippen molar-refractivity contribution in [1.29, 1.82) is 0 Å². The Labute approximate surface area is 121 Å². The largest absolute Gasteiger partial charge is 0.480 e. The van der Waals surface area contributed by atoms with Gasteiger partial charge in [-0.25, -0.2) is 17.9 Å². The SMILES string of the molecule is CCNS(=O)(=O)c1ccc(C(=O)NC(CO)C(=O)O)cc1. The number of hydrogen-bond acceptors (Lipinski definition) is 5. The van der Waals surface area contributed by atoms with Crippen molar-refractivity contribution in [1.82, 2.24) is 10.0 Å². The molecule has 116 valence electrons. The smallest absolute Gasteiger partial charge is 0.328 e. The summed E-state index contributed by atoms with van der Waals surface area (Å²) in [6.07, 6.45) is 0. The summed E-state index contributed by atoms with van der Waals surface area (Å²) in [7, 11) is -3.61. The number of benzene rings is 1. The van der Waals surface area contributed by atoms with Crippen molar-refractivity contribution >= 4 is 21.9 Å². The number of carboxylic acid groups (broad SMARTS) is 1. The minimum atomic E-state index is -3.61. The van der Waals surface area contributed by atoms with Gasteiger partial charge < -0.3 is 15.5 Å². The normalized spacial score (nSPS) is 12.7. The Morgan fingerprint density at radius 1 is 1.24 bits per heavy atom. The number of aliphatic hydroxyl groups is 1. The molecule has 1 atom stereocenters. The van der Waals surface area contributed by atoms with Crippen molar-refractivity contribution in [3.05, 3.63) is 29.8 Å². The molecule has 1 rings (SSSR count). The molecule has 9 heteroatoms. The molecule has 8 nitrogen and oxygen atoms in total. The number of aliphatic carboxylic acids is 1. The number of carbonyl (C=O) groups is 2. The van der Waals surface area contributed by atoms with E-state index in [1.54, 1.807) is 6.92 Å². The molecule has 1 aromatic rings. The number of aliphatic hydroxyl groups excluding tert-OH is 1. The predicted molar refractivity (Wildman–Crippen MR) is 73.3 cm³/mol. The minimum Gasteiger partial charge on any atom is -0.480 e. The van der Waals surface area contributed by atoms with Gasteiger partial charge in [-0.05, 0) is 24.3 Å². The maximum atomic E-state index is 11.8. The fourth-order valence-corrected chi connectivity index (χ4v) is 2.53. The zero-order valence-electron chi connectivity index (χ0n) is 11.2. The first kappa shape index (κ1) is 17.1. The third-order valence-corrected chi connectivity index (χ3v) is 4.11. The van der Waals surface area contributed by atoms with E-state index in [0.29, 0.717) is 0 Å². The van der Waals surface area contributed by atoms with E-state index in [-0.39, 0.29) is 17.0 Å². The molecule has 4 N–H and O–H groups in total. The molecule has 1 unspecified atom stereocenters. The number of amides is 1. The van der Waals surface area contributed by atoms with Crippen LogP contribution in [0.15, 0.2) is 29.2 Å². The number of carboxylic acids is 1. The average Bonchev–Trinajstić information content (AvgIpc) is 2.44. The molecule has 0 bridgehead atoms. The van der Waals surface area contributed by atoms with E-state index in [0.717, 1.165) is 0 Å². The van der Waals surface area contributed by atoms with E-state index in [4.69, 9.17) is 10.2 Å². The molecule has 0 saturated carbocycles. The van der Waals surface area contributed by atoms with Crippen molar-refractivity contribution in [2.45, 2.75) is 17.9 Å². The molecule has 0 heterocycles. The Balaban J connectivity index is 2.88. The van der Waals surface area contributed by atoms with Crippen LogP contribution in [0.2, 0.25) is 0 Å². The molecule has 0 aliphatic carbocycles. The van der Waals surface area contributed by atoms with Crippen LogP contribution in [0, 0.1) is 0 Å². The molecule has 1 aromatic carbocycles. The maximum absolute atomic E-state index is 11.8. The van der Waals surface area contributed by atoms with Crippen LogP contribution in [-0.2, 0) is 14.8 Å². The molecule has 0 aliphatic rings. The van der Waals surface area contributed by atoms with Crippen molar-refractivity contribution in [3.63, 3.8) is 0 Å². The molecule has 0 aliphatic heterocycles. The van der Waals surface area contributed by atoms with Crippen LogP contribution in [0.3, 0.4) is 0 Å². The Morgan fingerprint density at radius 2 is 1.81 bits per heavy atom. The summed E-state index contributed by atoms with van der Waals surface area (Å²) in [5, 5.41) is 19.6. The van der Waals surface area contributed by atoms with Crippen LogP contribution < -0.4 is 10.0 Å². The highest BCUT2D eigenvalue weighted by Crippen LogP contribution is 2.10. The van der Waals surface area contributed by atoms with Gasteiger partial charge in [0.1, 0.15) is 0 Å². The molecule has 0 aromatic heterocycles. The van der Waals surface area contributed by atoms with E-state index < -0.39 is 34.5 Å². The molecule has 1 amide bonds. The van der Waals surface area contributed by atoms with Crippen molar-refractivity contribution in [3.8, 4) is 0 Å². The molecule has 21 heavy (non-hydrogen) atoms. The molecular formula is C12H16N2O6S. The van der Waals surface area contributed by atoms with Gasteiger partial charge in [0.05, 0.1) is 11.5 Å². The number of nitrogens with one attached hydrogen (secondary N) is 2. The summed E-state index contributed by atoms with van der Waals surface area (Å²) in [6, 6.07) is 3.58. The van der Waals surface area contributed by atoms with E-state index in [1.807, 2.05) is 0 Å². The van der Waals surface area contributed by atoms with E-state index in [2.05, 4.69) is 10.0 Å². The number of rotatable bonds is 7. The van der Waals surface area contributed by atoms with E-state index in [1.165, 1.54) is 24.3 Å². The summed E-state index contributed by atoms with van der Waals surface area (Å²) in [5.41, 5.74) is 0.0881. The van der Waals surface area contributed by atoms with E-state index in [9.17, 15) is 18.0 Å². The van der Waals surface area contributed by atoms with Gasteiger partial charge in [-0.2, -0.15) is 0 Å². The Bertz CT molecular complexity index is 611. The fourth-order valence-electron chi connectivity index (χ4n) is 1.49. The van der Waals surface area contributed by atoms with Gasteiger partial charge >= 0.3 is 5.97 Å². The van der Waals surface area contributed by atoms with Gasteiger partial charge in [-0.3, -0.25) is 4.79 Å². The third-order valence-electron chi connectivity index (χ3n) is 2.55. The monoisotopic (exact) mass is 316 g/mol. The third kappa shape index (κ3) is 4.52. The quantitative estimate of drug-likeness (QED) is 0.518.